The second-order valence-corrected chi connectivity index (χ2v) is 7.09. The Hall–Kier alpha value is -3.99. The van der Waals surface area contributed by atoms with Crippen LogP contribution in [0.3, 0.4) is 0 Å². The van der Waals surface area contributed by atoms with Crippen molar-refractivity contribution in [1.29, 1.82) is 0 Å². The summed E-state index contributed by atoms with van der Waals surface area (Å²) in [4.78, 5) is 9.10. The van der Waals surface area contributed by atoms with Crippen LogP contribution in [0.15, 0.2) is 133 Å². The zero-order valence-electron chi connectivity index (χ0n) is 18.6. The average molecular weight is 421 g/mol. The number of fused-ring (bicyclic) bond motifs is 1. The first kappa shape index (κ1) is 22.7. The van der Waals surface area contributed by atoms with Gasteiger partial charge in [-0.2, -0.15) is 0 Å². The van der Waals surface area contributed by atoms with E-state index >= 15 is 0 Å². The summed E-state index contributed by atoms with van der Waals surface area (Å²) in [6.07, 6.45) is 18.7. The first-order valence-corrected chi connectivity index (χ1v) is 10.6. The molecule has 1 aliphatic rings. The molecule has 1 aromatic heterocycles. The molecule has 1 aromatic carbocycles. The smallest absolute Gasteiger partial charge is 0.421 e. The number of benzene rings is 1. The minimum atomic E-state index is -0.241. The number of hydrogen-bond donors (Lipinski definition) is 1. The lowest BCUT2D eigenvalue weighted by Gasteiger charge is -2.30. The van der Waals surface area contributed by atoms with Crippen molar-refractivity contribution in [2.24, 2.45) is 0 Å². The highest BCUT2D eigenvalue weighted by molar-refractivity contribution is 6.79. The quantitative estimate of drug-likeness (QED) is 0.288. The van der Waals surface area contributed by atoms with Crippen LogP contribution in [0.4, 0.5) is 17.2 Å². The van der Waals surface area contributed by atoms with Gasteiger partial charge in [-0.05, 0) is 55.7 Å². The van der Waals surface area contributed by atoms with Crippen LogP contribution in [0.1, 0.15) is 13.8 Å². The fourth-order valence-electron chi connectivity index (χ4n) is 3.71. The highest BCUT2D eigenvalue weighted by Crippen LogP contribution is 2.45. The summed E-state index contributed by atoms with van der Waals surface area (Å²) in [5, 5.41) is 10.3. The van der Waals surface area contributed by atoms with Crippen molar-refractivity contribution in [2.45, 2.75) is 13.8 Å². The van der Waals surface area contributed by atoms with Gasteiger partial charge in [0.1, 0.15) is 11.6 Å². The maximum Gasteiger partial charge on any atom is 0.421 e. The second-order valence-electron chi connectivity index (χ2n) is 7.09. The van der Waals surface area contributed by atoms with E-state index in [0.717, 1.165) is 28.4 Å². The SMILES string of the molecule is C=C/C=C(\C=C(\O)C=C)N1B(C(/C=C\C)=C/C=C\C)N(c2ccccc2)c2cccnc21. The number of aliphatic hydroxyl groups excluding tert-OH is 1. The van der Waals surface area contributed by atoms with Gasteiger partial charge in [-0.15, -0.1) is 0 Å². The summed E-state index contributed by atoms with van der Waals surface area (Å²) in [6.45, 7) is 11.3. The van der Waals surface area contributed by atoms with E-state index in [-0.39, 0.29) is 12.7 Å². The molecule has 2 heterocycles. The molecule has 3 rings (SSSR count). The Morgan fingerprint density at radius 2 is 1.81 bits per heavy atom. The van der Waals surface area contributed by atoms with Gasteiger partial charge in [-0.25, -0.2) is 4.98 Å². The summed E-state index contributed by atoms with van der Waals surface area (Å²) in [5.74, 6) is 0.857. The van der Waals surface area contributed by atoms with Crippen molar-refractivity contribution in [3.63, 3.8) is 0 Å². The molecule has 1 N–H and O–H groups in total. The molecule has 0 fully saturated rings. The molecule has 0 radical (unpaired) electrons. The molecule has 0 spiro atoms. The van der Waals surface area contributed by atoms with Crippen LogP contribution < -0.4 is 9.62 Å². The van der Waals surface area contributed by atoms with Crippen molar-refractivity contribution in [3.05, 3.63) is 133 Å². The van der Waals surface area contributed by atoms with Gasteiger partial charge in [0.15, 0.2) is 0 Å². The molecule has 4 nitrogen and oxygen atoms in total. The number of para-hydroxylation sites is 1. The first-order valence-electron chi connectivity index (χ1n) is 10.6. The van der Waals surface area contributed by atoms with Crippen LogP contribution in [0, 0.1) is 0 Å². The van der Waals surface area contributed by atoms with Crippen molar-refractivity contribution >= 4 is 24.2 Å². The number of nitrogens with zero attached hydrogens (tertiary/aromatic N) is 3. The number of aliphatic hydroxyl groups is 1. The summed E-state index contributed by atoms with van der Waals surface area (Å²) < 4.78 is 0. The molecule has 0 bridgehead atoms. The normalized spacial score (nSPS) is 15.1. The van der Waals surface area contributed by atoms with Crippen molar-refractivity contribution < 1.29 is 5.11 Å². The van der Waals surface area contributed by atoms with Crippen LogP contribution >= 0.6 is 0 Å². The lowest BCUT2D eigenvalue weighted by molar-refractivity contribution is 0.432. The maximum absolute atomic E-state index is 10.3. The fraction of sp³-hybridized carbons (Fsp3) is 0.0741. The van der Waals surface area contributed by atoms with Crippen molar-refractivity contribution in [3.8, 4) is 0 Å². The van der Waals surface area contributed by atoms with Crippen LogP contribution in [-0.4, -0.2) is 17.1 Å². The van der Waals surface area contributed by atoms with E-state index in [1.807, 2.05) is 62.4 Å². The van der Waals surface area contributed by atoms with E-state index in [9.17, 15) is 5.11 Å². The van der Waals surface area contributed by atoms with Gasteiger partial charge in [-0.3, -0.25) is 0 Å². The Bertz CT molecular complexity index is 1110. The average Bonchev–Trinajstić information content (AvgIpc) is 3.17. The number of aromatic nitrogens is 1. The molecular formula is C27H28BN3O. The number of hydrogen-bond acceptors (Lipinski definition) is 4. The zero-order chi connectivity index (χ0) is 22.9. The highest BCUT2D eigenvalue weighted by atomic mass is 16.3. The molecule has 0 saturated heterocycles. The zero-order valence-corrected chi connectivity index (χ0v) is 18.6. The minimum absolute atomic E-state index is 0.0671. The molecule has 2 aromatic rings. The third kappa shape index (κ3) is 4.67. The van der Waals surface area contributed by atoms with Crippen LogP contribution in [0.2, 0.25) is 0 Å². The monoisotopic (exact) mass is 421 g/mol. The topological polar surface area (TPSA) is 39.6 Å². The van der Waals surface area contributed by atoms with Crippen LogP contribution in [0.5, 0.6) is 0 Å². The van der Waals surface area contributed by atoms with Gasteiger partial charge < -0.3 is 14.7 Å². The molecule has 5 heteroatoms. The van der Waals surface area contributed by atoms with E-state index in [1.165, 1.54) is 6.08 Å². The Balaban J connectivity index is 2.35. The van der Waals surface area contributed by atoms with E-state index in [4.69, 9.17) is 4.98 Å². The third-order valence-electron chi connectivity index (χ3n) is 4.99. The van der Waals surface area contributed by atoms with Crippen molar-refractivity contribution in [2.75, 3.05) is 9.62 Å². The molecule has 0 saturated carbocycles. The highest BCUT2D eigenvalue weighted by Gasteiger charge is 2.45. The Morgan fingerprint density at radius 1 is 1.03 bits per heavy atom. The molecule has 0 amide bonds. The standard InChI is InChI=1S/C27H28BN3O/c1-5-9-16-22(14-6-2)28-30(23-17-11-10-12-18-23)26-19-13-20-29-27(26)31(28)24(15-7-3)21-25(32)8-4/h5-21,32H,3-4H2,1-2H3/b9-5-,14-6-,22-16+,24-15+,25-21+. The lowest BCUT2D eigenvalue weighted by atomic mass is 9.63. The maximum atomic E-state index is 10.3. The van der Waals surface area contributed by atoms with Gasteiger partial charge in [-0.1, -0.05) is 67.8 Å². The molecule has 1 aliphatic heterocycles. The van der Waals surface area contributed by atoms with Crippen molar-refractivity contribution in [1.82, 2.24) is 4.98 Å². The van der Waals surface area contributed by atoms with E-state index in [0.29, 0.717) is 0 Å². The van der Waals surface area contributed by atoms with Gasteiger partial charge in [0.05, 0.1) is 5.69 Å². The largest absolute Gasteiger partial charge is 0.508 e. The summed E-state index contributed by atoms with van der Waals surface area (Å²) in [5.41, 5.74) is 3.83. The minimum Gasteiger partial charge on any atom is -0.508 e. The summed E-state index contributed by atoms with van der Waals surface area (Å²) >= 11 is 0. The van der Waals surface area contributed by atoms with Crippen LogP contribution in [0.25, 0.3) is 0 Å². The molecule has 0 atom stereocenters. The predicted octanol–water partition coefficient (Wildman–Crippen LogP) is 6.84. The Morgan fingerprint density at radius 3 is 2.47 bits per heavy atom. The van der Waals surface area contributed by atoms with Gasteiger partial charge >= 0.3 is 6.98 Å². The Labute approximate surface area is 191 Å². The first-order chi connectivity index (χ1) is 15.7. The van der Waals surface area contributed by atoms with E-state index < -0.39 is 0 Å². The fourth-order valence-corrected chi connectivity index (χ4v) is 3.71. The molecule has 0 aliphatic carbocycles. The number of anilines is 3. The molecule has 160 valence electrons. The van der Waals surface area contributed by atoms with Gasteiger partial charge in [0.2, 0.25) is 0 Å². The number of pyridine rings is 1. The molecule has 0 unspecified atom stereocenters. The Kier molecular flexibility index (Phi) is 7.71. The van der Waals surface area contributed by atoms with Gasteiger partial charge in [0, 0.05) is 23.7 Å². The number of rotatable bonds is 8. The lowest BCUT2D eigenvalue weighted by Crippen LogP contribution is -2.47. The molecular weight excluding hydrogens is 393 g/mol. The summed E-state index contributed by atoms with van der Waals surface area (Å²) in [6, 6.07) is 14.2. The van der Waals surface area contributed by atoms with E-state index in [1.54, 1.807) is 18.3 Å². The van der Waals surface area contributed by atoms with Crippen LogP contribution in [-0.2, 0) is 0 Å². The molecule has 32 heavy (non-hydrogen) atoms. The van der Waals surface area contributed by atoms with E-state index in [2.05, 4.69) is 53.1 Å². The summed E-state index contributed by atoms with van der Waals surface area (Å²) in [7, 11) is 0. The third-order valence-corrected chi connectivity index (χ3v) is 4.99. The van der Waals surface area contributed by atoms with Gasteiger partial charge in [0.25, 0.3) is 0 Å². The second kappa shape index (κ2) is 10.9. The predicted molar refractivity (Wildman–Crippen MR) is 138 cm³/mol. The number of allylic oxidation sites excluding steroid dienone is 10.